The van der Waals surface area contributed by atoms with Crippen molar-refractivity contribution in [3.05, 3.63) is 163 Å². The van der Waals surface area contributed by atoms with Gasteiger partial charge in [0.05, 0.1) is 39.9 Å². The molecule has 1 aliphatic heterocycles. The predicted molar refractivity (Wildman–Crippen MR) is 236 cm³/mol. The van der Waals surface area contributed by atoms with Gasteiger partial charge in [-0.3, -0.25) is 0 Å². The third-order valence-electron chi connectivity index (χ3n) is 9.61. The van der Waals surface area contributed by atoms with Crippen molar-refractivity contribution in [1.29, 1.82) is 0 Å². The van der Waals surface area contributed by atoms with Gasteiger partial charge in [0.25, 0.3) is 0 Å². The molecule has 0 amide bonds. The molecule has 12 heteroatoms. The summed E-state index contributed by atoms with van der Waals surface area (Å²) in [5, 5.41) is 6.64. The van der Waals surface area contributed by atoms with Gasteiger partial charge >= 0.3 is 5.97 Å². The molecule has 2 atom stereocenters. The standard InChI is InChI=1S/C46H44Cl4N2O6/c1-7-56-27(3)51-33-17-9-29(10-18-33)37(31-13-21-35(54-5)22-14-31)25-46(40-39(45(53)58-46)41(47)43(49)44(50)42(40)48)26-38(32-15-23-36(55-6)24-16-32)30-11-19-34(20-12-30)52-28(4)57-8-2/h9-28,51-52H,7-8H2,1-6H3/b37-25-,38-26-. The van der Waals surface area contributed by atoms with Gasteiger partial charge in [-0.25, -0.2) is 4.79 Å². The highest BCUT2D eigenvalue weighted by Crippen LogP contribution is 2.53. The molecule has 2 unspecified atom stereocenters. The monoisotopic (exact) mass is 860 g/mol. The maximum atomic E-state index is 14.2. The fraction of sp³-hybridized carbons (Fsp3) is 0.239. The zero-order valence-corrected chi connectivity index (χ0v) is 35.9. The molecule has 0 aromatic heterocycles. The van der Waals surface area contributed by atoms with E-state index in [2.05, 4.69) is 10.6 Å². The van der Waals surface area contributed by atoms with Gasteiger partial charge in [-0.2, -0.15) is 0 Å². The van der Waals surface area contributed by atoms with Crippen molar-refractivity contribution >= 4 is 74.9 Å². The SMILES string of the molecule is CCOC(C)Nc1ccc(/C(=C/C2(/C=C(/c3ccc(NC(C)OCC)cc3)c3ccc(OC)cc3)OC(=O)c3c(Cl)c(Cl)c(Cl)c(Cl)c32)c2ccc(OC)cc2)cc1. The lowest BCUT2D eigenvalue weighted by Gasteiger charge is -2.27. The van der Waals surface area contributed by atoms with Gasteiger partial charge in [-0.05, 0) is 122 Å². The fourth-order valence-corrected chi connectivity index (χ4v) is 7.95. The highest BCUT2D eigenvalue weighted by molar-refractivity contribution is 6.53. The normalized spacial score (nSPS) is 16.3. The smallest absolute Gasteiger partial charge is 0.341 e. The molecule has 5 aromatic carbocycles. The predicted octanol–water partition coefficient (Wildman–Crippen LogP) is 12.5. The first-order valence-corrected chi connectivity index (χ1v) is 20.2. The van der Waals surface area contributed by atoms with E-state index >= 15 is 0 Å². The first kappa shape index (κ1) is 42.9. The van der Waals surface area contributed by atoms with Gasteiger partial charge < -0.3 is 34.3 Å². The van der Waals surface area contributed by atoms with Crippen molar-refractivity contribution in [1.82, 2.24) is 0 Å². The van der Waals surface area contributed by atoms with E-state index < -0.39 is 11.6 Å². The summed E-state index contributed by atoms with van der Waals surface area (Å²) in [7, 11) is 3.22. The highest BCUT2D eigenvalue weighted by Gasteiger charge is 2.48. The maximum Gasteiger partial charge on any atom is 0.341 e. The second-order valence-corrected chi connectivity index (χ2v) is 14.9. The van der Waals surface area contributed by atoms with Crippen LogP contribution in [0.1, 0.15) is 65.9 Å². The van der Waals surface area contributed by atoms with Gasteiger partial charge in [-0.1, -0.05) is 94.9 Å². The van der Waals surface area contributed by atoms with Crippen LogP contribution in [0.3, 0.4) is 0 Å². The molecule has 58 heavy (non-hydrogen) atoms. The van der Waals surface area contributed by atoms with Crippen LogP contribution in [-0.2, 0) is 19.8 Å². The van der Waals surface area contributed by atoms with Crippen molar-refractivity contribution < 1.29 is 28.5 Å². The number of anilines is 2. The average Bonchev–Trinajstić information content (AvgIpc) is 3.52. The van der Waals surface area contributed by atoms with Gasteiger partial charge in [0.2, 0.25) is 0 Å². The number of carbonyl (C=O) groups excluding carboxylic acids is 1. The van der Waals surface area contributed by atoms with E-state index in [4.69, 9.17) is 70.1 Å². The molecule has 0 fully saturated rings. The second-order valence-electron chi connectivity index (χ2n) is 13.4. The molecule has 8 nitrogen and oxygen atoms in total. The van der Waals surface area contributed by atoms with E-state index in [0.29, 0.717) is 35.9 Å². The van der Waals surface area contributed by atoms with Crippen molar-refractivity contribution in [3.63, 3.8) is 0 Å². The minimum Gasteiger partial charge on any atom is -0.497 e. The van der Waals surface area contributed by atoms with Crippen molar-refractivity contribution in [2.24, 2.45) is 0 Å². The molecule has 6 rings (SSSR count). The molecule has 1 aliphatic rings. The van der Waals surface area contributed by atoms with Gasteiger partial charge in [-0.15, -0.1) is 0 Å². The van der Waals surface area contributed by atoms with Crippen molar-refractivity contribution in [2.45, 2.75) is 45.8 Å². The number of fused-ring (bicyclic) bond motifs is 1. The molecule has 0 saturated carbocycles. The van der Waals surface area contributed by atoms with E-state index in [1.165, 1.54) is 0 Å². The molecule has 0 aliphatic carbocycles. The van der Waals surface area contributed by atoms with Crippen LogP contribution in [0.15, 0.2) is 109 Å². The topological polar surface area (TPSA) is 87.3 Å². The summed E-state index contributed by atoms with van der Waals surface area (Å²) in [4.78, 5) is 14.2. The van der Waals surface area contributed by atoms with Gasteiger partial charge in [0.15, 0.2) is 5.60 Å². The van der Waals surface area contributed by atoms with Gasteiger partial charge in [0, 0.05) is 30.2 Å². The van der Waals surface area contributed by atoms with Crippen LogP contribution in [0.25, 0.3) is 11.1 Å². The number of hydrogen-bond donors (Lipinski definition) is 2. The number of ether oxygens (including phenoxy) is 5. The summed E-state index contributed by atoms with van der Waals surface area (Å²) in [6.45, 7) is 8.92. The number of hydrogen-bond acceptors (Lipinski definition) is 8. The largest absolute Gasteiger partial charge is 0.497 e. The number of benzene rings is 5. The number of nitrogens with one attached hydrogen (secondary N) is 2. The first-order chi connectivity index (χ1) is 27.9. The average molecular weight is 863 g/mol. The second kappa shape index (κ2) is 18.9. The molecule has 0 spiro atoms. The van der Waals surface area contributed by atoms with Crippen LogP contribution < -0.4 is 20.1 Å². The molecule has 0 saturated heterocycles. The summed E-state index contributed by atoms with van der Waals surface area (Å²) >= 11 is 27.3. The van der Waals surface area contributed by atoms with Crippen LogP contribution in [-0.4, -0.2) is 45.9 Å². The lowest BCUT2D eigenvalue weighted by Crippen LogP contribution is -2.23. The molecule has 2 N–H and O–H groups in total. The fourth-order valence-electron chi connectivity index (χ4n) is 6.87. The zero-order chi connectivity index (χ0) is 41.6. The Morgan fingerprint density at radius 1 is 0.603 bits per heavy atom. The Morgan fingerprint density at radius 2 is 0.966 bits per heavy atom. The lowest BCUT2D eigenvalue weighted by molar-refractivity contribution is 0.0300. The van der Waals surface area contributed by atoms with E-state index in [-0.39, 0.29) is 43.7 Å². The Bertz CT molecular complexity index is 2180. The number of cyclic esters (lactones) is 1. The van der Waals surface area contributed by atoms with Crippen LogP contribution in [0, 0.1) is 0 Å². The highest BCUT2D eigenvalue weighted by atomic mass is 35.5. The van der Waals surface area contributed by atoms with Crippen LogP contribution in [0.5, 0.6) is 11.5 Å². The number of halogens is 4. The Labute approximate surface area is 359 Å². The van der Waals surface area contributed by atoms with Crippen LogP contribution in [0.4, 0.5) is 11.4 Å². The Hall–Kier alpha value is -4.67. The minimum atomic E-state index is -1.69. The Kier molecular flexibility index (Phi) is 14.0. The lowest BCUT2D eigenvalue weighted by atomic mass is 9.83. The zero-order valence-electron chi connectivity index (χ0n) is 32.9. The summed E-state index contributed by atoms with van der Waals surface area (Å²) < 4.78 is 29.0. The molecule has 302 valence electrons. The Morgan fingerprint density at radius 3 is 1.33 bits per heavy atom. The van der Waals surface area contributed by atoms with Gasteiger partial charge in [0.1, 0.15) is 24.0 Å². The molecule has 0 radical (unpaired) electrons. The third-order valence-corrected chi connectivity index (χ3v) is 11.4. The van der Waals surface area contributed by atoms with Crippen molar-refractivity contribution in [3.8, 4) is 11.5 Å². The third kappa shape index (κ3) is 9.29. The molecular formula is C46H44Cl4N2O6. The maximum absolute atomic E-state index is 14.2. The minimum absolute atomic E-state index is 0.00811. The van der Waals surface area contributed by atoms with Crippen LogP contribution in [0.2, 0.25) is 20.1 Å². The van der Waals surface area contributed by atoms with E-state index in [0.717, 1.165) is 33.6 Å². The summed E-state index contributed by atoms with van der Waals surface area (Å²) in [5.41, 5.74) is 4.94. The molecule has 0 bridgehead atoms. The molecule has 1 heterocycles. The number of carbonyl (C=O) groups is 1. The number of rotatable bonds is 16. The first-order valence-electron chi connectivity index (χ1n) is 18.7. The van der Waals surface area contributed by atoms with E-state index in [9.17, 15) is 4.79 Å². The van der Waals surface area contributed by atoms with Crippen molar-refractivity contribution in [2.75, 3.05) is 38.1 Å². The van der Waals surface area contributed by atoms with E-state index in [1.807, 2.05) is 137 Å². The summed E-state index contributed by atoms with van der Waals surface area (Å²) in [6.07, 6.45) is 3.35. The number of esters is 1. The summed E-state index contributed by atoms with van der Waals surface area (Å²) in [6, 6.07) is 31.0. The summed E-state index contributed by atoms with van der Waals surface area (Å²) in [5.74, 6) is 0.628. The molecular weight excluding hydrogens is 818 g/mol. The van der Waals surface area contributed by atoms with Crippen LogP contribution >= 0.6 is 46.4 Å². The Balaban J connectivity index is 1.66. The van der Waals surface area contributed by atoms with E-state index in [1.54, 1.807) is 14.2 Å². The molecule has 5 aromatic rings. The number of methoxy groups -OCH3 is 2. The quantitative estimate of drug-likeness (QED) is 0.0439.